The zero-order chi connectivity index (χ0) is 19.4. The second-order valence-electron chi connectivity index (χ2n) is 6.83. The largest absolute Gasteiger partial charge is 0.323 e. The van der Waals surface area contributed by atoms with Gasteiger partial charge in [-0.2, -0.15) is 15.3 Å². The van der Waals surface area contributed by atoms with Gasteiger partial charge in [0.05, 0.1) is 28.8 Å². The maximum Gasteiger partial charge on any atom is 0.291 e. The molecule has 0 unspecified atom stereocenters. The van der Waals surface area contributed by atoms with Gasteiger partial charge in [-0.05, 0) is 12.1 Å². The predicted octanol–water partition coefficient (Wildman–Crippen LogP) is 1.45. The van der Waals surface area contributed by atoms with E-state index < -0.39 is 0 Å². The Morgan fingerprint density at radius 1 is 1.04 bits per heavy atom. The third kappa shape index (κ3) is 2.64. The molecule has 0 spiro atoms. The summed E-state index contributed by atoms with van der Waals surface area (Å²) in [5.41, 5.74) is 3.05. The van der Waals surface area contributed by atoms with Gasteiger partial charge >= 0.3 is 0 Å². The summed E-state index contributed by atoms with van der Waals surface area (Å²) in [7, 11) is 5.63. The number of hydrogen-bond acceptors (Lipinski definition) is 6. The van der Waals surface area contributed by atoms with Crippen LogP contribution in [0.15, 0.2) is 35.5 Å². The lowest BCUT2D eigenvalue weighted by Gasteiger charge is -2.03. The molecule has 0 aromatic carbocycles. The molecule has 0 amide bonds. The summed E-state index contributed by atoms with van der Waals surface area (Å²) in [6, 6.07) is 3.87. The molecule has 28 heavy (non-hydrogen) atoms. The fraction of sp³-hybridized carbons (Fsp3) is 0.278. The minimum absolute atomic E-state index is 0.137. The van der Waals surface area contributed by atoms with Crippen LogP contribution in [0.3, 0.4) is 0 Å². The molecular formula is C18H18N8OS. The fourth-order valence-corrected chi connectivity index (χ4v) is 4.56. The maximum atomic E-state index is 13.0. The van der Waals surface area contributed by atoms with E-state index in [0.29, 0.717) is 18.5 Å². The summed E-state index contributed by atoms with van der Waals surface area (Å²) in [6.07, 6.45) is 6.20. The average Bonchev–Trinajstić information content (AvgIpc) is 3.40. The van der Waals surface area contributed by atoms with E-state index in [-0.39, 0.29) is 5.56 Å². The SMILES string of the molecule is Cn1ccc(Cc2nc3c(s2)c2cnn(Cc4ccn(C)n4)c(=O)c2n3C)n1. The Kier molecular flexibility index (Phi) is 3.69. The van der Waals surface area contributed by atoms with Crippen LogP contribution in [-0.2, 0) is 34.1 Å². The number of hydrogen-bond donors (Lipinski definition) is 0. The molecule has 0 aliphatic carbocycles. The summed E-state index contributed by atoms with van der Waals surface area (Å²) in [5.74, 6) is 0. The van der Waals surface area contributed by atoms with Gasteiger partial charge in [0, 0.05) is 45.3 Å². The zero-order valence-corrected chi connectivity index (χ0v) is 16.5. The highest BCUT2D eigenvalue weighted by Crippen LogP contribution is 2.31. The third-order valence-corrected chi connectivity index (χ3v) is 5.83. The Morgan fingerprint density at radius 3 is 2.43 bits per heavy atom. The van der Waals surface area contributed by atoms with Crippen LogP contribution < -0.4 is 5.56 Å². The Bertz CT molecular complexity index is 1380. The van der Waals surface area contributed by atoms with Gasteiger partial charge in [0.15, 0.2) is 5.65 Å². The van der Waals surface area contributed by atoms with Crippen molar-refractivity contribution in [1.29, 1.82) is 0 Å². The van der Waals surface area contributed by atoms with E-state index in [1.807, 2.05) is 50.2 Å². The Hall–Kier alpha value is -3.27. The van der Waals surface area contributed by atoms with E-state index in [9.17, 15) is 4.79 Å². The Balaban J connectivity index is 1.57. The Labute approximate surface area is 163 Å². The number of rotatable bonds is 4. The smallest absolute Gasteiger partial charge is 0.291 e. The summed E-state index contributed by atoms with van der Waals surface area (Å²) < 4.78 is 7.79. The van der Waals surface area contributed by atoms with Crippen molar-refractivity contribution in [3.8, 4) is 0 Å². The molecule has 0 atom stereocenters. The van der Waals surface area contributed by atoms with Crippen LogP contribution in [0.2, 0.25) is 0 Å². The molecule has 0 fully saturated rings. The van der Waals surface area contributed by atoms with Crippen molar-refractivity contribution < 1.29 is 0 Å². The molecule has 5 heterocycles. The first-order valence-corrected chi connectivity index (χ1v) is 9.62. The van der Waals surface area contributed by atoms with Gasteiger partial charge in [0.2, 0.25) is 0 Å². The first kappa shape index (κ1) is 16.9. The monoisotopic (exact) mass is 394 g/mol. The van der Waals surface area contributed by atoms with Crippen molar-refractivity contribution in [2.75, 3.05) is 0 Å². The number of aryl methyl sites for hydroxylation is 3. The first-order chi connectivity index (χ1) is 13.5. The number of thiazole rings is 1. The lowest BCUT2D eigenvalue weighted by molar-refractivity contribution is 0.619. The van der Waals surface area contributed by atoms with Gasteiger partial charge in [-0.25, -0.2) is 9.67 Å². The maximum absolute atomic E-state index is 13.0. The van der Waals surface area contributed by atoms with Crippen LogP contribution >= 0.6 is 11.3 Å². The second-order valence-corrected chi connectivity index (χ2v) is 7.91. The lowest BCUT2D eigenvalue weighted by Crippen LogP contribution is -2.24. The topological polar surface area (TPSA) is 88.4 Å². The molecule has 0 N–H and O–H groups in total. The van der Waals surface area contributed by atoms with Crippen molar-refractivity contribution in [3.63, 3.8) is 0 Å². The molecule has 0 saturated heterocycles. The van der Waals surface area contributed by atoms with Gasteiger partial charge < -0.3 is 4.57 Å². The van der Waals surface area contributed by atoms with Crippen molar-refractivity contribution in [3.05, 3.63) is 57.5 Å². The number of nitrogens with zero attached hydrogens (tertiary/aromatic N) is 8. The minimum Gasteiger partial charge on any atom is -0.323 e. The highest BCUT2D eigenvalue weighted by Gasteiger charge is 2.19. The lowest BCUT2D eigenvalue weighted by atomic mass is 10.3. The Morgan fingerprint density at radius 2 is 1.75 bits per heavy atom. The molecule has 142 valence electrons. The van der Waals surface area contributed by atoms with Crippen molar-refractivity contribution in [1.82, 2.24) is 38.9 Å². The molecule has 10 heteroatoms. The fourth-order valence-electron chi connectivity index (χ4n) is 3.43. The molecule has 0 aliphatic heterocycles. The van der Waals surface area contributed by atoms with E-state index in [1.165, 1.54) is 4.68 Å². The molecule has 5 aromatic heterocycles. The third-order valence-electron chi connectivity index (χ3n) is 4.75. The molecule has 0 bridgehead atoms. The average molecular weight is 394 g/mol. The van der Waals surface area contributed by atoms with Gasteiger partial charge in [0.1, 0.15) is 10.5 Å². The summed E-state index contributed by atoms with van der Waals surface area (Å²) in [4.78, 5) is 17.8. The quantitative estimate of drug-likeness (QED) is 0.460. The standard InChI is InChI=1S/C18H18N8OS/c1-23-6-4-11(21-23)8-14-20-17-16(28-14)13-9-19-26(18(27)15(13)25(17)3)10-12-5-7-24(2)22-12/h4-7,9H,8,10H2,1-3H3. The second kappa shape index (κ2) is 6.13. The van der Waals surface area contributed by atoms with Crippen LogP contribution in [0.4, 0.5) is 0 Å². The van der Waals surface area contributed by atoms with Crippen LogP contribution in [0.5, 0.6) is 0 Å². The summed E-state index contributed by atoms with van der Waals surface area (Å²) in [6.45, 7) is 0.340. The van der Waals surface area contributed by atoms with Crippen LogP contribution in [0, 0.1) is 0 Å². The van der Waals surface area contributed by atoms with Gasteiger partial charge in [-0.15, -0.1) is 11.3 Å². The van der Waals surface area contributed by atoms with Crippen LogP contribution in [0.25, 0.3) is 21.3 Å². The van der Waals surface area contributed by atoms with E-state index in [1.54, 1.807) is 26.9 Å². The van der Waals surface area contributed by atoms with E-state index in [4.69, 9.17) is 4.98 Å². The van der Waals surface area contributed by atoms with Crippen LogP contribution in [0.1, 0.15) is 16.4 Å². The minimum atomic E-state index is -0.137. The van der Waals surface area contributed by atoms with Crippen molar-refractivity contribution >= 4 is 32.6 Å². The van der Waals surface area contributed by atoms with Gasteiger partial charge in [-0.1, -0.05) is 0 Å². The zero-order valence-electron chi connectivity index (χ0n) is 15.7. The number of fused-ring (bicyclic) bond motifs is 3. The molecule has 0 saturated carbocycles. The van der Waals surface area contributed by atoms with Crippen LogP contribution in [-0.4, -0.2) is 38.9 Å². The molecular weight excluding hydrogens is 376 g/mol. The summed E-state index contributed by atoms with van der Waals surface area (Å²) >= 11 is 1.59. The molecule has 0 aliphatic rings. The van der Waals surface area contributed by atoms with Gasteiger partial charge in [0.25, 0.3) is 5.56 Å². The van der Waals surface area contributed by atoms with E-state index in [2.05, 4.69) is 15.3 Å². The normalized spacial score (nSPS) is 11.8. The molecule has 0 radical (unpaired) electrons. The number of aromatic nitrogens is 8. The van der Waals surface area contributed by atoms with E-state index in [0.717, 1.165) is 32.1 Å². The van der Waals surface area contributed by atoms with E-state index >= 15 is 0 Å². The van der Waals surface area contributed by atoms with Crippen molar-refractivity contribution in [2.24, 2.45) is 21.1 Å². The predicted molar refractivity (Wildman–Crippen MR) is 106 cm³/mol. The van der Waals surface area contributed by atoms with Gasteiger partial charge in [-0.3, -0.25) is 14.2 Å². The molecule has 5 aromatic rings. The van der Waals surface area contributed by atoms with Crippen molar-refractivity contribution in [2.45, 2.75) is 13.0 Å². The molecule has 5 rings (SSSR count). The summed E-state index contributed by atoms with van der Waals surface area (Å²) in [5, 5.41) is 14.9. The highest BCUT2D eigenvalue weighted by molar-refractivity contribution is 7.19. The highest BCUT2D eigenvalue weighted by atomic mass is 32.1. The first-order valence-electron chi connectivity index (χ1n) is 8.80. The molecule has 9 nitrogen and oxygen atoms in total.